The molecule has 8 bridgehead atoms. The number of carbonyl (C=O) groups excluding carboxylic acids is 2. The first-order valence-corrected chi connectivity index (χ1v) is 26.8. The van der Waals surface area contributed by atoms with E-state index in [9.17, 15) is 14.7 Å². The minimum atomic E-state index is -0.789. The van der Waals surface area contributed by atoms with E-state index < -0.39 is 12.0 Å². The van der Waals surface area contributed by atoms with Gasteiger partial charge in [0, 0.05) is 66.6 Å². The number of methoxy groups -OCH3 is 1. The number of nitrogens with one attached hydrogen (secondary N) is 4. The van der Waals surface area contributed by atoms with E-state index in [2.05, 4.69) is 109 Å². The number of fused-ring (bicyclic) bond motifs is 8. The van der Waals surface area contributed by atoms with Crippen molar-refractivity contribution in [2.24, 2.45) is 76.9 Å². The minimum Gasteiger partial charge on any atom is -0.469 e. The number of allylic oxidation sites excluding steroid dienone is 1. The number of rotatable bonds is 20. The van der Waals surface area contributed by atoms with E-state index in [1.54, 1.807) is 0 Å². The van der Waals surface area contributed by atoms with Crippen LogP contribution in [0.2, 0.25) is 0 Å². The van der Waals surface area contributed by atoms with Crippen LogP contribution in [0.15, 0.2) is 24.3 Å². The molecule has 366 valence electrons. The summed E-state index contributed by atoms with van der Waals surface area (Å²) >= 11 is 0. The van der Waals surface area contributed by atoms with Crippen molar-refractivity contribution < 1.29 is 24.2 Å². The highest BCUT2D eigenvalue weighted by molar-refractivity contribution is 5.74. The average Bonchev–Trinajstić information content (AvgIpc) is 3.99. The first-order chi connectivity index (χ1) is 30.6. The summed E-state index contributed by atoms with van der Waals surface area (Å²) in [6, 6.07) is 1.87. The number of aliphatic hydroxyl groups excluding tert-OH is 1. The summed E-state index contributed by atoms with van der Waals surface area (Å²) in [6.45, 7) is 28.2. The smallest absolute Gasteiger partial charge is 0.311 e. The van der Waals surface area contributed by atoms with Crippen molar-refractivity contribution in [3.05, 3.63) is 24.3 Å². The lowest BCUT2D eigenvalue weighted by molar-refractivity contribution is -0.152. The average molecular weight is 893 g/mol. The van der Waals surface area contributed by atoms with Crippen molar-refractivity contribution in [1.29, 1.82) is 0 Å². The van der Waals surface area contributed by atoms with Crippen LogP contribution in [0.4, 0.5) is 0 Å². The molecule has 5 heterocycles. The molecule has 0 radical (unpaired) electrons. The van der Waals surface area contributed by atoms with Crippen molar-refractivity contribution in [2.75, 3.05) is 13.7 Å². The molecule has 64 heavy (non-hydrogen) atoms. The van der Waals surface area contributed by atoms with Crippen LogP contribution in [0.1, 0.15) is 166 Å². The highest BCUT2D eigenvalue weighted by Gasteiger charge is 2.64. The maximum atomic E-state index is 13.8. The Balaban J connectivity index is 1.10. The zero-order valence-electron chi connectivity index (χ0n) is 42.5. The molecule has 6 rings (SSSR count). The molecule has 0 aromatic heterocycles. The topological polar surface area (TPSA) is 121 Å². The normalized spacial score (nSPS) is 41.6. The van der Waals surface area contributed by atoms with Gasteiger partial charge >= 0.3 is 11.9 Å². The van der Waals surface area contributed by atoms with Gasteiger partial charge in [-0.25, -0.2) is 0 Å². The Labute approximate surface area is 391 Å². The first kappa shape index (κ1) is 51.6. The molecule has 21 atom stereocenters. The van der Waals surface area contributed by atoms with Crippen LogP contribution in [0.3, 0.4) is 0 Å². The number of hydrogen-bond acceptors (Lipinski definition) is 9. The van der Waals surface area contributed by atoms with Gasteiger partial charge in [0.2, 0.25) is 0 Å². The highest BCUT2D eigenvalue weighted by Crippen LogP contribution is 2.53. The van der Waals surface area contributed by atoms with Crippen molar-refractivity contribution in [3.8, 4) is 0 Å². The molecule has 5 saturated heterocycles. The SMILES string of the molecule is C=CC1C2CC3NC(CC4NC5C(C4C)C(O)C(C(=O)OC)C5C4NC(CC(N2)C1C)C(C)C4CCC(=O)OCC=C(C)CCC[C@@H](C)CCC[C@H](C)CCCC(C)C)C(CC)C3C. The van der Waals surface area contributed by atoms with Crippen molar-refractivity contribution in [1.82, 2.24) is 21.3 Å². The second kappa shape index (κ2) is 23.5. The quantitative estimate of drug-likeness (QED) is 0.0602. The Hall–Kier alpha value is -1.78. The van der Waals surface area contributed by atoms with E-state index in [-0.39, 0.29) is 65.7 Å². The summed E-state index contributed by atoms with van der Waals surface area (Å²) < 4.78 is 11.4. The lowest BCUT2D eigenvalue weighted by Gasteiger charge is -2.35. The lowest BCUT2D eigenvalue weighted by Crippen LogP contribution is -2.52. The molecule has 19 unspecified atom stereocenters. The van der Waals surface area contributed by atoms with Gasteiger partial charge < -0.3 is 35.8 Å². The Kier molecular flexibility index (Phi) is 18.9. The molecule has 5 N–H and O–H groups in total. The molecule has 0 spiro atoms. The molecular weight excluding hydrogens is 797 g/mol. The van der Waals surface area contributed by atoms with Gasteiger partial charge in [-0.2, -0.15) is 0 Å². The molecule has 9 nitrogen and oxygen atoms in total. The Morgan fingerprint density at radius 2 is 1.27 bits per heavy atom. The number of carbonyl (C=O) groups is 2. The summed E-state index contributed by atoms with van der Waals surface area (Å²) in [5.41, 5.74) is 1.30. The van der Waals surface area contributed by atoms with Gasteiger partial charge in [-0.05, 0) is 111 Å². The number of aliphatic hydroxyl groups is 1. The standard InChI is InChI=1S/C55H96N4O5/c1-13-39-35(8)42-28-44-37(10)41(24-25-48(60)64-27-26-34(7)23-17-22-33(6)21-16-20-32(5)19-15-18-31(3)4)52(58-44)50-51(55(62)63-12)54(61)49-38(11)45(59-53(49)50)30-47-40(14-2)36(9)43(57-47)29-46(39)56-42/h13,26,31-33,35-47,49-54,56-59,61H,1,14-25,27-30H2,2-12H3/t32-,33+,35?,36?,37?,38?,39?,40?,41?,42?,43?,44?,45?,46?,47?,49?,50?,51?,52?,53?,54?/m1/s1. The fourth-order valence-corrected chi connectivity index (χ4v) is 14.8. The minimum absolute atomic E-state index is 0.0260. The Bertz CT molecular complexity index is 1540. The first-order valence-electron chi connectivity index (χ1n) is 26.8. The van der Waals surface area contributed by atoms with Crippen molar-refractivity contribution in [2.45, 2.75) is 220 Å². The van der Waals surface area contributed by atoms with Crippen LogP contribution in [0.25, 0.3) is 0 Å². The van der Waals surface area contributed by atoms with Gasteiger partial charge in [-0.3, -0.25) is 9.59 Å². The molecule has 0 aromatic carbocycles. The fraction of sp³-hybridized carbons (Fsp3) is 0.891. The largest absolute Gasteiger partial charge is 0.469 e. The summed E-state index contributed by atoms with van der Waals surface area (Å²) in [4.78, 5) is 27.3. The van der Waals surface area contributed by atoms with E-state index in [0.29, 0.717) is 67.3 Å². The molecule has 0 aromatic rings. The third-order valence-corrected chi connectivity index (χ3v) is 18.9. The summed E-state index contributed by atoms with van der Waals surface area (Å²) in [5.74, 6) is 3.68. The molecule has 1 saturated carbocycles. The Morgan fingerprint density at radius 1 is 0.703 bits per heavy atom. The summed E-state index contributed by atoms with van der Waals surface area (Å²) in [6.07, 6.45) is 20.3. The van der Waals surface area contributed by atoms with Gasteiger partial charge in [0.05, 0.1) is 19.1 Å². The molecule has 6 fully saturated rings. The predicted molar refractivity (Wildman–Crippen MR) is 261 cm³/mol. The zero-order valence-corrected chi connectivity index (χ0v) is 42.5. The van der Waals surface area contributed by atoms with Gasteiger partial charge in [-0.1, -0.05) is 125 Å². The summed E-state index contributed by atoms with van der Waals surface area (Å²) in [7, 11) is 1.46. The maximum absolute atomic E-state index is 13.8. The number of esters is 2. The molecule has 5 aliphatic heterocycles. The monoisotopic (exact) mass is 893 g/mol. The van der Waals surface area contributed by atoms with Crippen LogP contribution in [0, 0.1) is 76.9 Å². The highest BCUT2D eigenvalue weighted by atomic mass is 16.5. The van der Waals surface area contributed by atoms with Crippen LogP contribution in [-0.4, -0.2) is 85.2 Å². The van der Waals surface area contributed by atoms with Gasteiger partial charge in [0.1, 0.15) is 6.61 Å². The number of hydrogen-bond donors (Lipinski definition) is 5. The van der Waals surface area contributed by atoms with E-state index in [1.165, 1.54) is 64.0 Å². The van der Waals surface area contributed by atoms with E-state index in [1.807, 2.05) is 0 Å². The second-order valence-corrected chi connectivity index (χ2v) is 23.4. The third kappa shape index (κ3) is 11.9. The third-order valence-electron chi connectivity index (χ3n) is 18.9. The summed E-state index contributed by atoms with van der Waals surface area (Å²) in [5, 5.41) is 28.8. The van der Waals surface area contributed by atoms with E-state index in [4.69, 9.17) is 9.47 Å². The molecular formula is C55H96N4O5. The van der Waals surface area contributed by atoms with Crippen molar-refractivity contribution >= 4 is 11.9 Å². The second-order valence-electron chi connectivity index (χ2n) is 23.4. The molecule has 1 aliphatic carbocycles. The van der Waals surface area contributed by atoms with Gasteiger partial charge in [-0.15, -0.1) is 6.58 Å². The lowest BCUT2D eigenvalue weighted by atomic mass is 9.75. The van der Waals surface area contributed by atoms with Crippen LogP contribution < -0.4 is 21.3 Å². The fourth-order valence-electron chi connectivity index (χ4n) is 14.8. The number of ether oxygens (including phenoxy) is 2. The van der Waals surface area contributed by atoms with Gasteiger partial charge in [0.15, 0.2) is 0 Å². The van der Waals surface area contributed by atoms with Crippen molar-refractivity contribution in [3.63, 3.8) is 0 Å². The van der Waals surface area contributed by atoms with E-state index in [0.717, 1.165) is 49.9 Å². The molecule has 6 aliphatic rings. The van der Waals surface area contributed by atoms with E-state index >= 15 is 0 Å². The zero-order chi connectivity index (χ0) is 46.4. The predicted octanol–water partition coefficient (Wildman–Crippen LogP) is 9.63. The van der Waals surface area contributed by atoms with Crippen LogP contribution >= 0.6 is 0 Å². The van der Waals surface area contributed by atoms with Crippen LogP contribution in [0.5, 0.6) is 0 Å². The van der Waals surface area contributed by atoms with Crippen LogP contribution in [-0.2, 0) is 19.1 Å². The van der Waals surface area contributed by atoms with Gasteiger partial charge in [0.25, 0.3) is 0 Å². The molecule has 9 heteroatoms. The maximum Gasteiger partial charge on any atom is 0.311 e. The Morgan fingerprint density at radius 3 is 1.92 bits per heavy atom. The molecule has 0 amide bonds.